The Morgan fingerprint density at radius 2 is 1.92 bits per heavy atom. The van der Waals surface area contributed by atoms with Crippen molar-refractivity contribution in [2.24, 2.45) is 0 Å². The van der Waals surface area contributed by atoms with Crippen LogP contribution in [-0.4, -0.2) is 16.5 Å². The maximum absolute atomic E-state index is 9.50. The van der Waals surface area contributed by atoms with Gasteiger partial charge in [-0.2, -0.15) is 0 Å². The maximum atomic E-state index is 9.50. The van der Waals surface area contributed by atoms with Crippen LogP contribution in [0.2, 0.25) is 0 Å². The van der Waals surface area contributed by atoms with Crippen LogP contribution in [-0.2, 0) is 0 Å². The van der Waals surface area contributed by atoms with E-state index in [1.165, 1.54) is 11.8 Å². The quantitative estimate of drug-likeness (QED) is 0.752. The highest BCUT2D eigenvalue weighted by atomic mass is 79.9. The van der Waals surface area contributed by atoms with Crippen LogP contribution >= 0.6 is 27.7 Å². The van der Waals surface area contributed by atoms with Crippen molar-refractivity contribution in [3.05, 3.63) is 16.1 Å². The van der Waals surface area contributed by atoms with E-state index in [1.807, 2.05) is 6.26 Å². The molecule has 2 nitrogen and oxygen atoms in total. The zero-order valence-electron chi connectivity index (χ0n) is 6.76. The molecule has 1 aromatic carbocycles. The van der Waals surface area contributed by atoms with Gasteiger partial charge in [0.2, 0.25) is 0 Å². The lowest BCUT2D eigenvalue weighted by Gasteiger charge is -2.08. The second kappa shape index (κ2) is 3.58. The molecular formula is C8H9BrO2S. The minimum Gasteiger partial charge on any atom is -0.506 e. The fraction of sp³-hybridized carbons (Fsp3) is 0.250. The predicted molar refractivity (Wildman–Crippen MR) is 54.0 cm³/mol. The van der Waals surface area contributed by atoms with Gasteiger partial charge in [-0.3, -0.25) is 0 Å². The molecule has 0 spiro atoms. The summed E-state index contributed by atoms with van der Waals surface area (Å²) in [5.41, 5.74) is 0.508. The molecule has 0 heterocycles. The Bertz CT molecular complexity index is 312. The van der Waals surface area contributed by atoms with Gasteiger partial charge in [-0.1, -0.05) is 0 Å². The Labute approximate surface area is 83.7 Å². The van der Waals surface area contributed by atoms with E-state index in [2.05, 4.69) is 15.9 Å². The fourth-order valence-corrected chi connectivity index (χ4v) is 2.14. The van der Waals surface area contributed by atoms with E-state index in [0.717, 1.165) is 4.90 Å². The first kappa shape index (κ1) is 9.74. The van der Waals surface area contributed by atoms with Gasteiger partial charge in [0.15, 0.2) is 0 Å². The van der Waals surface area contributed by atoms with Gasteiger partial charge in [0.05, 0.1) is 9.37 Å². The Balaban J connectivity index is 3.39. The van der Waals surface area contributed by atoms with Crippen LogP contribution in [0.4, 0.5) is 0 Å². The van der Waals surface area contributed by atoms with E-state index in [4.69, 9.17) is 0 Å². The maximum Gasteiger partial charge on any atom is 0.136 e. The number of aromatic hydroxyl groups is 2. The lowest BCUT2D eigenvalue weighted by molar-refractivity contribution is 0.432. The summed E-state index contributed by atoms with van der Waals surface area (Å²) in [7, 11) is 0. The zero-order valence-corrected chi connectivity index (χ0v) is 9.16. The molecule has 0 bridgehead atoms. The summed E-state index contributed by atoms with van der Waals surface area (Å²) >= 11 is 4.64. The molecule has 66 valence electrons. The number of rotatable bonds is 1. The topological polar surface area (TPSA) is 40.5 Å². The summed E-state index contributed by atoms with van der Waals surface area (Å²) in [5, 5.41) is 18.9. The third-order valence-corrected chi connectivity index (χ3v) is 3.00. The number of hydrogen-bond acceptors (Lipinski definition) is 3. The lowest BCUT2D eigenvalue weighted by atomic mass is 10.2. The summed E-state index contributed by atoms with van der Waals surface area (Å²) in [5.74, 6) is 0.258. The summed E-state index contributed by atoms with van der Waals surface area (Å²) in [6.07, 6.45) is 1.87. The average molecular weight is 249 g/mol. The average Bonchev–Trinajstić information content (AvgIpc) is 2.08. The lowest BCUT2D eigenvalue weighted by Crippen LogP contribution is -1.81. The van der Waals surface area contributed by atoms with E-state index < -0.39 is 0 Å². The number of phenols is 2. The molecule has 0 aliphatic rings. The Morgan fingerprint density at radius 3 is 2.42 bits per heavy atom. The third-order valence-electron chi connectivity index (χ3n) is 1.65. The van der Waals surface area contributed by atoms with Crippen molar-refractivity contribution in [2.45, 2.75) is 11.8 Å². The second-order valence-electron chi connectivity index (χ2n) is 2.38. The summed E-state index contributed by atoms with van der Waals surface area (Å²) in [6, 6.07) is 1.70. The molecule has 0 aliphatic carbocycles. The zero-order chi connectivity index (χ0) is 9.30. The van der Waals surface area contributed by atoms with Crippen LogP contribution in [0.1, 0.15) is 5.56 Å². The van der Waals surface area contributed by atoms with E-state index in [9.17, 15) is 10.2 Å². The third kappa shape index (κ3) is 1.54. The Morgan fingerprint density at radius 1 is 1.33 bits per heavy atom. The van der Waals surface area contributed by atoms with Gasteiger partial charge in [-0.05, 0) is 35.2 Å². The van der Waals surface area contributed by atoms with Gasteiger partial charge in [-0.25, -0.2) is 0 Å². The molecule has 1 rings (SSSR count). The normalized spacial score (nSPS) is 10.2. The number of phenolic OH excluding ortho intramolecular Hbond substituents is 2. The molecule has 0 atom stereocenters. The highest BCUT2D eigenvalue weighted by Crippen LogP contribution is 2.40. The summed E-state index contributed by atoms with van der Waals surface area (Å²) in [6.45, 7) is 1.68. The van der Waals surface area contributed by atoms with Crippen molar-refractivity contribution < 1.29 is 10.2 Å². The fourth-order valence-electron chi connectivity index (χ4n) is 0.883. The first-order chi connectivity index (χ1) is 5.57. The number of benzene rings is 1. The van der Waals surface area contributed by atoms with Crippen LogP contribution < -0.4 is 0 Å². The molecule has 2 N–H and O–H groups in total. The molecular weight excluding hydrogens is 240 g/mol. The number of halogens is 1. The summed E-state index contributed by atoms with van der Waals surface area (Å²) < 4.78 is 0.613. The van der Waals surface area contributed by atoms with Crippen LogP contribution in [0.5, 0.6) is 11.5 Å². The van der Waals surface area contributed by atoms with Gasteiger partial charge in [0.1, 0.15) is 11.5 Å². The molecule has 1 aromatic rings. The van der Waals surface area contributed by atoms with Gasteiger partial charge < -0.3 is 10.2 Å². The van der Waals surface area contributed by atoms with Crippen LogP contribution in [0, 0.1) is 6.92 Å². The molecule has 0 fully saturated rings. The van der Waals surface area contributed by atoms with Gasteiger partial charge in [-0.15, -0.1) is 11.8 Å². The molecule has 0 unspecified atom stereocenters. The molecule has 0 radical (unpaired) electrons. The van der Waals surface area contributed by atoms with Crippen molar-refractivity contribution in [1.82, 2.24) is 0 Å². The monoisotopic (exact) mass is 248 g/mol. The van der Waals surface area contributed by atoms with Gasteiger partial charge >= 0.3 is 0 Å². The molecule has 0 aromatic heterocycles. The van der Waals surface area contributed by atoms with E-state index in [-0.39, 0.29) is 11.5 Å². The van der Waals surface area contributed by atoms with Crippen LogP contribution in [0.25, 0.3) is 0 Å². The first-order valence-corrected chi connectivity index (χ1v) is 5.34. The Hall–Kier alpha value is -0.350. The van der Waals surface area contributed by atoms with Crippen molar-refractivity contribution in [2.75, 3.05) is 6.26 Å². The second-order valence-corrected chi connectivity index (χ2v) is 4.09. The van der Waals surface area contributed by atoms with Gasteiger partial charge in [0.25, 0.3) is 0 Å². The SMILES string of the molecule is CSc1cc(Br)c(O)c(C)c1O. The van der Waals surface area contributed by atoms with E-state index in [1.54, 1.807) is 13.0 Å². The van der Waals surface area contributed by atoms with Crippen molar-refractivity contribution in [1.29, 1.82) is 0 Å². The van der Waals surface area contributed by atoms with Crippen molar-refractivity contribution in [3.8, 4) is 11.5 Å². The molecule has 4 heteroatoms. The highest BCUT2D eigenvalue weighted by Gasteiger charge is 2.11. The molecule has 12 heavy (non-hydrogen) atoms. The van der Waals surface area contributed by atoms with Gasteiger partial charge in [0, 0.05) is 5.56 Å². The smallest absolute Gasteiger partial charge is 0.136 e. The first-order valence-electron chi connectivity index (χ1n) is 3.33. The summed E-state index contributed by atoms with van der Waals surface area (Å²) in [4.78, 5) is 0.761. The minimum absolute atomic E-state index is 0.102. The number of hydrogen-bond donors (Lipinski definition) is 2. The molecule has 0 amide bonds. The van der Waals surface area contributed by atoms with Crippen LogP contribution in [0.15, 0.2) is 15.4 Å². The molecule has 0 aliphatic heterocycles. The molecule has 0 saturated heterocycles. The van der Waals surface area contributed by atoms with E-state index >= 15 is 0 Å². The van der Waals surface area contributed by atoms with Crippen molar-refractivity contribution in [3.63, 3.8) is 0 Å². The van der Waals surface area contributed by atoms with E-state index in [0.29, 0.717) is 10.0 Å². The number of thioether (sulfide) groups is 1. The highest BCUT2D eigenvalue weighted by molar-refractivity contribution is 9.10. The van der Waals surface area contributed by atoms with Crippen molar-refractivity contribution >= 4 is 27.7 Å². The standard InChI is InChI=1S/C8H9BrO2S/c1-4-7(10)5(9)3-6(12-2)8(4)11/h3,10-11H,1-2H3. The predicted octanol–water partition coefficient (Wildman–Crippen LogP) is 2.89. The molecule has 0 saturated carbocycles. The minimum atomic E-state index is 0.102. The Kier molecular flexibility index (Phi) is 2.90. The largest absolute Gasteiger partial charge is 0.506 e. The van der Waals surface area contributed by atoms with Crippen LogP contribution in [0.3, 0.4) is 0 Å².